The number of amides is 2. The molecule has 212 valence electrons. The van der Waals surface area contributed by atoms with E-state index in [0.717, 1.165) is 19.5 Å². The molecular formula is C28H35F3N4O4. The van der Waals surface area contributed by atoms with Gasteiger partial charge in [0.15, 0.2) is 0 Å². The number of pyridine rings is 1. The number of carbonyl (C=O) groups is 3. The zero-order valence-corrected chi connectivity index (χ0v) is 22.3. The highest BCUT2D eigenvalue weighted by atomic mass is 19.4. The molecule has 8 nitrogen and oxygen atoms in total. The van der Waals surface area contributed by atoms with E-state index >= 15 is 0 Å². The number of likely N-dealkylation sites (N-methyl/N-ethyl adjacent to an activating group) is 1. The highest BCUT2D eigenvalue weighted by molar-refractivity contribution is 5.89. The van der Waals surface area contributed by atoms with Crippen LogP contribution in [-0.4, -0.2) is 83.0 Å². The van der Waals surface area contributed by atoms with Crippen molar-refractivity contribution in [3.05, 3.63) is 65.5 Å². The minimum atomic E-state index is -5.16. The quantitative estimate of drug-likeness (QED) is 0.262. The lowest BCUT2D eigenvalue weighted by atomic mass is 10.2. The summed E-state index contributed by atoms with van der Waals surface area (Å²) >= 11 is 0. The molecule has 1 aromatic carbocycles. The number of hydrogen-bond acceptors (Lipinski definition) is 6. The summed E-state index contributed by atoms with van der Waals surface area (Å²) in [6.45, 7) is 2.49. The Hall–Kier alpha value is -3.47. The maximum atomic E-state index is 13.3. The van der Waals surface area contributed by atoms with Crippen LogP contribution in [0.1, 0.15) is 54.2 Å². The number of hydrogen-bond donors (Lipinski definition) is 0. The normalized spacial score (nSPS) is 13.3. The number of ether oxygens (including phenoxy) is 1. The van der Waals surface area contributed by atoms with Crippen molar-refractivity contribution in [3.63, 3.8) is 0 Å². The van der Waals surface area contributed by atoms with Crippen molar-refractivity contribution < 1.29 is 32.3 Å². The van der Waals surface area contributed by atoms with Crippen molar-refractivity contribution in [2.75, 3.05) is 33.3 Å². The van der Waals surface area contributed by atoms with Crippen LogP contribution in [0.25, 0.3) is 0 Å². The number of aromatic nitrogens is 1. The molecule has 1 fully saturated rings. The third-order valence-electron chi connectivity index (χ3n) is 6.44. The fourth-order valence-corrected chi connectivity index (χ4v) is 4.20. The van der Waals surface area contributed by atoms with E-state index < -0.39 is 37.0 Å². The third kappa shape index (κ3) is 9.65. The molecule has 0 atom stereocenters. The summed E-state index contributed by atoms with van der Waals surface area (Å²) in [4.78, 5) is 45.0. The minimum absolute atomic E-state index is 0.0344. The molecule has 1 aliphatic rings. The standard InChI is InChI=1S/C28H35F3N4O4/c1-3-39-26(37)22-13-14-32-23(17-22)19-35(27(38)28(29,30)31)20-25(36)33(2)15-7-8-16-34(24-11-12-24)18-21-9-5-4-6-10-21/h4-6,9-10,13-14,17,24H,3,7-8,11-12,15-16,18-20H2,1-2H3. The van der Waals surface area contributed by atoms with Crippen LogP contribution < -0.4 is 0 Å². The molecule has 1 aliphatic carbocycles. The monoisotopic (exact) mass is 548 g/mol. The van der Waals surface area contributed by atoms with Gasteiger partial charge in [-0.15, -0.1) is 0 Å². The van der Waals surface area contributed by atoms with Crippen LogP contribution in [-0.2, 0) is 27.4 Å². The maximum absolute atomic E-state index is 13.3. The molecule has 0 bridgehead atoms. The van der Waals surface area contributed by atoms with Gasteiger partial charge in [0, 0.05) is 32.4 Å². The van der Waals surface area contributed by atoms with Crippen molar-refractivity contribution in [2.24, 2.45) is 0 Å². The Labute approximate surface area is 226 Å². The first-order valence-corrected chi connectivity index (χ1v) is 13.1. The lowest BCUT2D eigenvalue weighted by molar-refractivity contribution is -0.186. The number of benzene rings is 1. The number of unbranched alkanes of at least 4 members (excludes halogenated alkanes) is 1. The summed E-state index contributed by atoms with van der Waals surface area (Å²) in [6.07, 6.45) is -0.0673. The number of nitrogens with zero attached hydrogens (tertiary/aromatic N) is 4. The molecule has 0 unspecified atom stereocenters. The predicted octanol–water partition coefficient (Wildman–Crippen LogP) is 4.05. The Bertz CT molecular complexity index is 1110. The van der Waals surface area contributed by atoms with Gasteiger partial charge in [0.2, 0.25) is 5.91 Å². The van der Waals surface area contributed by atoms with Gasteiger partial charge in [-0.2, -0.15) is 13.2 Å². The molecule has 0 N–H and O–H groups in total. The Kier molecular flexibility index (Phi) is 10.8. The summed E-state index contributed by atoms with van der Waals surface area (Å²) in [7, 11) is 1.51. The maximum Gasteiger partial charge on any atom is 0.471 e. The molecule has 2 aromatic rings. The van der Waals surface area contributed by atoms with Gasteiger partial charge in [-0.1, -0.05) is 30.3 Å². The molecule has 1 heterocycles. The van der Waals surface area contributed by atoms with Gasteiger partial charge in [-0.25, -0.2) is 4.79 Å². The number of esters is 1. The zero-order chi connectivity index (χ0) is 28.4. The minimum Gasteiger partial charge on any atom is -0.462 e. The van der Waals surface area contributed by atoms with Gasteiger partial charge in [0.05, 0.1) is 24.4 Å². The van der Waals surface area contributed by atoms with E-state index in [4.69, 9.17) is 4.74 Å². The van der Waals surface area contributed by atoms with Gasteiger partial charge in [-0.05, 0) is 56.8 Å². The fourth-order valence-electron chi connectivity index (χ4n) is 4.20. The molecule has 0 radical (unpaired) electrons. The first kappa shape index (κ1) is 30.1. The summed E-state index contributed by atoms with van der Waals surface area (Å²) in [5.41, 5.74) is 1.37. The van der Waals surface area contributed by atoms with E-state index in [9.17, 15) is 27.6 Å². The van der Waals surface area contributed by atoms with Crippen LogP contribution in [0, 0.1) is 0 Å². The Balaban J connectivity index is 1.54. The van der Waals surface area contributed by atoms with E-state index in [1.54, 1.807) is 6.92 Å². The van der Waals surface area contributed by atoms with Crippen LogP contribution in [0.3, 0.4) is 0 Å². The Morgan fingerprint density at radius 3 is 2.36 bits per heavy atom. The van der Waals surface area contributed by atoms with Gasteiger partial charge in [0.25, 0.3) is 0 Å². The summed E-state index contributed by atoms with van der Waals surface area (Å²) in [6, 6.07) is 13.4. The molecule has 1 aromatic heterocycles. The molecule has 2 amide bonds. The largest absolute Gasteiger partial charge is 0.471 e. The van der Waals surface area contributed by atoms with Crippen LogP contribution in [0.4, 0.5) is 13.2 Å². The zero-order valence-electron chi connectivity index (χ0n) is 22.3. The van der Waals surface area contributed by atoms with Gasteiger partial charge in [-0.3, -0.25) is 19.5 Å². The van der Waals surface area contributed by atoms with Crippen LogP contribution >= 0.6 is 0 Å². The second-order valence-electron chi connectivity index (χ2n) is 9.62. The lowest BCUT2D eigenvalue weighted by Gasteiger charge is -2.26. The molecular weight excluding hydrogens is 513 g/mol. The summed E-state index contributed by atoms with van der Waals surface area (Å²) in [5.74, 6) is -3.42. The summed E-state index contributed by atoms with van der Waals surface area (Å²) < 4.78 is 44.8. The third-order valence-corrected chi connectivity index (χ3v) is 6.44. The number of halogens is 3. The van der Waals surface area contributed by atoms with E-state index in [1.165, 1.54) is 48.7 Å². The van der Waals surface area contributed by atoms with Crippen molar-refractivity contribution in [1.82, 2.24) is 19.7 Å². The molecule has 1 saturated carbocycles. The SMILES string of the molecule is CCOC(=O)c1ccnc(CN(CC(=O)N(C)CCCCN(Cc2ccccc2)C2CC2)C(=O)C(F)(F)F)c1. The number of rotatable bonds is 14. The van der Waals surface area contributed by atoms with E-state index in [0.29, 0.717) is 23.9 Å². The van der Waals surface area contributed by atoms with E-state index in [-0.39, 0.29) is 17.9 Å². The number of alkyl halides is 3. The first-order valence-electron chi connectivity index (χ1n) is 13.1. The first-order chi connectivity index (χ1) is 18.6. The molecule has 0 aliphatic heterocycles. The van der Waals surface area contributed by atoms with Crippen LogP contribution in [0.15, 0.2) is 48.7 Å². The lowest BCUT2D eigenvalue weighted by Crippen LogP contribution is -2.46. The van der Waals surface area contributed by atoms with Crippen molar-refractivity contribution in [3.8, 4) is 0 Å². The van der Waals surface area contributed by atoms with Crippen molar-refractivity contribution in [2.45, 2.75) is 57.9 Å². The van der Waals surface area contributed by atoms with E-state index in [1.807, 2.05) is 18.2 Å². The topological polar surface area (TPSA) is 83.1 Å². The average Bonchev–Trinajstić information content (AvgIpc) is 3.75. The van der Waals surface area contributed by atoms with Crippen molar-refractivity contribution >= 4 is 17.8 Å². The predicted molar refractivity (Wildman–Crippen MR) is 138 cm³/mol. The Morgan fingerprint density at radius 2 is 1.72 bits per heavy atom. The fraction of sp³-hybridized carbons (Fsp3) is 0.500. The highest BCUT2D eigenvalue weighted by Crippen LogP contribution is 2.28. The van der Waals surface area contributed by atoms with Crippen LogP contribution in [0.5, 0.6) is 0 Å². The molecule has 3 rings (SSSR count). The smallest absolute Gasteiger partial charge is 0.462 e. The number of carbonyl (C=O) groups excluding carboxylic acids is 3. The molecule has 0 spiro atoms. The average molecular weight is 549 g/mol. The molecule has 39 heavy (non-hydrogen) atoms. The Morgan fingerprint density at radius 1 is 1.03 bits per heavy atom. The van der Waals surface area contributed by atoms with E-state index in [2.05, 4.69) is 22.0 Å². The molecule has 0 saturated heterocycles. The highest BCUT2D eigenvalue weighted by Gasteiger charge is 2.43. The van der Waals surface area contributed by atoms with Gasteiger partial charge >= 0.3 is 18.1 Å². The summed E-state index contributed by atoms with van der Waals surface area (Å²) in [5, 5.41) is 0. The van der Waals surface area contributed by atoms with Gasteiger partial charge < -0.3 is 14.5 Å². The van der Waals surface area contributed by atoms with Crippen LogP contribution in [0.2, 0.25) is 0 Å². The molecule has 11 heteroatoms. The van der Waals surface area contributed by atoms with Gasteiger partial charge in [0.1, 0.15) is 6.54 Å². The second kappa shape index (κ2) is 14.1. The van der Waals surface area contributed by atoms with Crippen molar-refractivity contribution in [1.29, 1.82) is 0 Å². The second-order valence-corrected chi connectivity index (χ2v) is 9.62.